The summed E-state index contributed by atoms with van der Waals surface area (Å²) in [7, 11) is 2.89. The van der Waals surface area contributed by atoms with E-state index < -0.39 is 11.2 Å². The molecule has 3 heterocycles. The number of carbonyl (C=O) groups excluding carboxylic acids is 1. The highest BCUT2D eigenvalue weighted by Crippen LogP contribution is 2.30. The zero-order valence-electron chi connectivity index (χ0n) is 15.5. The zero-order valence-corrected chi connectivity index (χ0v) is 16.3. The predicted molar refractivity (Wildman–Crippen MR) is 109 cm³/mol. The summed E-state index contributed by atoms with van der Waals surface area (Å²) in [4.78, 5) is 38.0. The van der Waals surface area contributed by atoms with E-state index in [0.29, 0.717) is 4.88 Å². The third-order valence-electron chi connectivity index (χ3n) is 4.54. The molecule has 142 valence electrons. The molecule has 0 aliphatic heterocycles. The molecular weight excluding hydrogens is 378 g/mol. The average Bonchev–Trinajstić information content (AvgIpc) is 3.26. The van der Waals surface area contributed by atoms with Gasteiger partial charge in [0.05, 0.1) is 16.3 Å². The quantitative estimate of drug-likeness (QED) is 0.575. The average molecular weight is 395 g/mol. The highest BCUT2D eigenvalue weighted by molar-refractivity contribution is 7.20. The molecule has 1 aromatic carbocycles. The van der Waals surface area contributed by atoms with E-state index in [2.05, 4.69) is 10.4 Å². The molecule has 0 fully saturated rings. The minimum Gasteiger partial charge on any atom is -0.307 e. The second-order valence-electron chi connectivity index (χ2n) is 6.38. The van der Waals surface area contributed by atoms with Crippen molar-refractivity contribution >= 4 is 33.3 Å². The van der Waals surface area contributed by atoms with Crippen LogP contribution < -0.4 is 16.6 Å². The molecule has 9 heteroatoms. The standard InChI is InChI=1S/C19H17N5O3S/c1-11-13-9-14(28-18(13)24(21-11)12-7-5-4-6-8-12)17(26)20-15-10-16(25)23(3)19(27)22(15)2/h4-10H,1-3H3,(H,20,26). The predicted octanol–water partition coefficient (Wildman–Crippen LogP) is 2.05. The minimum atomic E-state index is -0.505. The SMILES string of the molecule is Cc1nn(-c2ccccc2)c2sc(C(=O)Nc3cc(=O)n(C)c(=O)n3C)cc12. The molecule has 0 bridgehead atoms. The molecule has 0 saturated heterocycles. The van der Waals surface area contributed by atoms with Crippen LogP contribution in [0.15, 0.2) is 52.1 Å². The van der Waals surface area contributed by atoms with Crippen LogP contribution in [0.4, 0.5) is 5.82 Å². The summed E-state index contributed by atoms with van der Waals surface area (Å²) in [5, 5.41) is 8.10. The van der Waals surface area contributed by atoms with Gasteiger partial charge in [-0.2, -0.15) is 5.10 Å². The second-order valence-corrected chi connectivity index (χ2v) is 7.42. The fourth-order valence-electron chi connectivity index (χ4n) is 2.93. The Morgan fingerprint density at radius 3 is 2.50 bits per heavy atom. The Morgan fingerprint density at radius 2 is 1.79 bits per heavy atom. The van der Waals surface area contributed by atoms with Gasteiger partial charge in [0.15, 0.2) is 0 Å². The van der Waals surface area contributed by atoms with Crippen molar-refractivity contribution in [3.8, 4) is 5.69 Å². The lowest BCUT2D eigenvalue weighted by atomic mass is 10.3. The van der Waals surface area contributed by atoms with Gasteiger partial charge in [-0.3, -0.25) is 18.7 Å². The van der Waals surface area contributed by atoms with Crippen LogP contribution in [-0.2, 0) is 14.1 Å². The zero-order chi connectivity index (χ0) is 20.0. The Morgan fingerprint density at radius 1 is 1.07 bits per heavy atom. The number of amides is 1. The Bertz CT molecular complexity index is 1330. The number of fused-ring (bicyclic) bond motifs is 1. The van der Waals surface area contributed by atoms with Gasteiger partial charge in [0, 0.05) is 25.5 Å². The van der Waals surface area contributed by atoms with Crippen LogP contribution in [-0.4, -0.2) is 24.8 Å². The Hall–Kier alpha value is -3.46. The molecule has 8 nitrogen and oxygen atoms in total. The van der Waals surface area contributed by atoms with Crippen LogP contribution in [0, 0.1) is 6.92 Å². The van der Waals surface area contributed by atoms with Gasteiger partial charge in [-0.25, -0.2) is 9.48 Å². The molecule has 0 atom stereocenters. The monoisotopic (exact) mass is 395 g/mol. The third kappa shape index (κ3) is 2.85. The van der Waals surface area contributed by atoms with Crippen LogP contribution in [0.25, 0.3) is 15.9 Å². The number of nitrogens with one attached hydrogen (secondary N) is 1. The number of para-hydroxylation sites is 1. The van der Waals surface area contributed by atoms with E-state index in [9.17, 15) is 14.4 Å². The molecule has 1 N–H and O–H groups in total. The van der Waals surface area contributed by atoms with Gasteiger partial charge in [-0.15, -0.1) is 11.3 Å². The molecule has 1 amide bonds. The van der Waals surface area contributed by atoms with Gasteiger partial charge in [-0.05, 0) is 25.1 Å². The number of rotatable bonds is 3. The van der Waals surface area contributed by atoms with Gasteiger partial charge >= 0.3 is 5.69 Å². The first kappa shape index (κ1) is 17.9. The van der Waals surface area contributed by atoms with Crippen LogP contribution in [0.3, 0.4) is 0 Å². The summed E-state index contributed by atoms with van der Waals surface area (Å²) in [6.45, 7) is 1.89. The third-order valence-corrected chi connectivity index (χ3v) is 5.65. The number of aryl methyl sites for hydroxylation is 1. The molecule has 28 heavy (non-hydrogen) atoms. The van der Waals surface area contributed by atoms with Crippen molar-refractivity contribution in [3.05, 3.63) is 73.9 Å². The summed E-state index contributed by atoms with van der Waals surface area (Å²) < 4.78 is 4.01. The van der Waals surface area contributed by atoms with E-state index >= 15 is 0 Å². The smallest absolute Gasteiger partial charge is 0.307 e. The highest BCUT2D eigenvalue weighted by Gasteiger charge is 2.18. The first-order valence-corrected chi connectivity index (χ1v) is 9.31. The van der Waals surface area contributed by atoms with Crippen molar-refractivity contribution in [1.29, 1.82) is 0 Å². The number of anilines is 1. The van der Waals surface area contributed by atoms with Gasteiger partial charge in [0.2, 0.25) is 0 Å². The summed E-state index contributed by atoms with van der Waals surface area (Å²) in [5.41, 5.74) is 0.735. The molecule has 4 rings (SSSR count). The molecule has 4 aromatic rings. The van der Waals surface area contributed by atoms with Gasteiger partial charge < -0.3 is 5.32 Å². The van der Waals surface area contributed by atoms with Crippen molar-refractivity contribution < 1.29 is 4.79 Å². The van der Waals surface area contributed by atoms with Crippen molar-refractivity contribution in [2.45, 2.75) is 6.92 Å². The first-order valence-electron chi connectivity index (χ1n) is 8.50. The summed E-state index contributed by atoms with van der Waals surface area (Å²) >= 11 is 1.30. The van der Waals surface area contributed by atoms with E-state index in [0.717, 1.165) is 26.2 Å². The molecule has 3 aromatic heterocycles. The van der Waals surface area contributed by atoms with E-state index in [1.807, 2.05) is 37.3 Å². The normalized spacial score (nSPS) is 11.1. The number of carbonyl (C=O) groups is 1. The number of nitrogens with zero attached hydrogens (tertiary/aromatic N) is 4. The molecule has 0 aliphatic carbocycles. The molecule has 0 spiro atoms. The van der Waals surface area contributed by atoms with E-state index in [-0.39, 0.29) is 11.7 Å². The summed E-state index contributed by atoms with van der Waals surface area (Å²) in [6, 6.07) is 12.7. The van der Waals surface area contributed by atoms with Crippen LogP contribution in [0.1, 0.15) is 15.4 Å². The van der Waals surface area contributed by atoms with Crippen molar-refractivity contribution in [2.24, 2.45) is 14.1 Å². The fourth-order valence-corrected chi connectivity index (χ4v) is 4.01. The largest absolute Gasteiger partial charge is 0.332 e. The maximum absolute atomic E-state index is 12.7. The lowest BCUT2D eigenvalue weighted by Gasteiger charge is -2.09. The maximum atomic E-state index is 12.7. The van der Waals surface area contributed by atoms with Crippen LogP contribution >= 0.6 is 11.3 Å². The molecular formula is C19H17N5O3S. The van der Waals surface area contributed by atoms with E-state index in [4.69, 9.17) is 0 Å². The summed E-state index contributed by atoms with van der Waals surface area (Å²) in [6.07, 6.45) is 0. The Labute approximate surface area is 163 Å². The Kier molecular flexibility index (Phi) is 4.23. The molecule has 0 unspecified atom stereocenters. The van der Waals surface area contributed by atoms with E-state index in [1.54, 1.807) is 10.7 Å². The minimum absolute atomic E-state index is 0.150. The first-order chi connectivity index (χ1) is 13.4. The molecule has 0 radical (unpaired) electrons. The second kappa shape index (κ2) is 6.61. The summed E-state index contributed by atoms with van der Waals surface area (Å²) in [5.74, 6) is -0.236. The lowest BCUT2D eigenvalue weighted by molar-refractivity contribution is 0.102. The van der Waals surface area contributed by atoms with Crippen molar-refractivity contribution in [1.82, 2.24) is 18.9 Å². The van der Waals surface area contributed by atoms with Gasteiger partial charge in [-0.1, -0.05) is 18.2 Å². The number of aromatic nitrogens is 4. The van der Waals surface area contributed by atoms with Crippen LogP contribution in [0.5, 0.6) is 0 Å². The van der Waals surface area contributed by atoms with Gasteiger partial charge in [0.25, 0.3) is 11.5 Å². The number of thiophene rings is 1. The van der Waals surface area contributed by atoms with Gasteiger partial charge in [0.1, 0.15) is 10.6 Å². The highest BCUT2D eigenvalue weighted by atomic mass is 32.1. The van der Waals surface area contributed by atoms with Crippen molar-refractivity contribution in [2.75, 3.05) is 5.32 Å². The molecule has 0 aliphatic rings. The van der Waals surface area contributed by atoms with E-state index in [1.165, 1.54) is 36.1 Å². The number of hydrogen-bond acceptors (Lipinski definition) is 5. The van der Waals surface area contributed by atoms with Crippen molar-refractivity contribution in [3.63, 3.8) is 0 Å². The lowest BCUT2D eigenvalue weighted by Crippen LogP contribution is -2.38. The Balaban J connectivity index is 1.74. The maximum Gasteiger partial charge on any atom is 0.332 e. The van der Waals surface area contributed by atoms with Crippen LogP contribution in [0.2, 0.25) is 0 Å². The number of benzene rings is 1. The topological polar surface area (TPSA) is 90.9 Å². The fraction of sp³-hybridized carbons (Fsp3) is 0.158. The molecule has 0 saturated carbocycles. The number of hydrogen-bond donors (Lipinski definition) is 1.